The van der Waals surface area contributed by atoms with Gasteiger partial charge in [0.05, 0.1) is 12.0 Å². The monoisotopic (exact) mass is 284 g/mol. The molecule has 2 fully saturated rings. The average molecular weight is 284 g/mol. The van der Waals surface area contributed by atoms with Crippen LogP contribution in [0.15, 0.2) is 0 Å². The van der Waals surface area contributed by atoms with Gasteiger partial charge in [-0.1, -0.05) is 13.8 Å². The van der Waals surface area contributed by atoms with Gasteiger partial charge in [0.2, 0.25) is 0 Å². The number of urea groups is 1. The number of aliphatic carboxylic acids is 1. The van der Waals surface area contributed by atoms with E-state index in [2.05, 4.69) is 6.92 Å². The van der Waals surface area contributed by atoms with Crippen LogP contribution in [0.25, 0.3) is 0 Å². The van der Waals surface area contributed by atoms with Crippen LogP contribution in [-0.4, -0.2) is 66.3 Å². The molecule has 114 valence electrons. The van der Waals surface area contributed by atoms with Gasteiger partial charge in [-0.05, 0) is 18.3 Å². The molecule has 2 aliphatic rings. The highest BCUT2D eigenvalue weighted by Crippen LogP contribution is 2.26. The van der Waals surface area contributed by atoms with E-state index in [0.717, 1.165) is 13.0 Å². The minimum Gasteiger partial charge on any atom is -0.481 e. The summed E-state index contributed by atoms with van der Waals surface area (Å²) >= 11 is 0. The Morgan fingerprint density at radius 3 is 2.35 bits per heavy atom. The molecule has 4 atom stereocenters. The fourth-order valence-corrected chi connectivity index (χ4v) is 3.16. The minimum absolute atomic E-state index is 0.0124. The molecule has 0 radical (unpaired) electrons. The topological polar surface area (TPSA) is 70.1 Å². The number of piperidine rings is 1. The highest BCUT2D eigenvalue weighted by atomic mass is 16.5. The van der Waals surface area contributed by atoms with Crippen molar-refractivity contribution in [1.29, 1.82) is 0 Å². The summed E-state index contributed by atoms with van der Waals surface area (Å²) in [5.74, 6) is -0.789. The molecule has 0 aliphatic carbocycles. The van der Waals surface area contributed by atoms with Crippen molar-refractivity contribution in [2.24, 2.45) is 17.8 Å². The zero-order valence-electron chi connectivity index (χ0n) is 12.4. The number of ether oxygens (including phenoxy) is 1. The van der Waals surface area contributed by atoms with E-state index in [1.165, 1.54) is 0 Å². The molecular formula is C14H24N2O4. The molecule has 0 saturated carbocycles. The molecule has 0 aromatic heterocycles. The van der Waals surface area contributed by atoms with Gasteiger partial charge in [0.15, 0.2) is 0 Å². The summed E-state index contributed by atoms with van der Waals surface area (Å²) in [4.78, 5) is 27.1. The Balaban J connectivity index is 1.97. The van der Waals surface area contributed by atoms with Crippen molar-refractivity contribution >= 4 is 12.0 Å². The Bertz CT molecular complexity index is 387. The first-order valence-corrected chi connectivity index (χ1v) is 7.23. The standard InChI is InChI=1S/C14H24N2O4/c1-9-4-5-15(8-12(9)20-3)14(19)16-6-10(2)11(7-16)13(17)18/h9-12H,4-8H2,1-3H3,(H,17,18)/t9?,10-,11-,12?/m1/s1. The number of methoxy groups -OCH3 is 1. The summed E-state index contributed by atoms with van der Waals surface area (Å²) in [6, 6.07) is -0.0467. The van der Waals surface area contributed by atoms with Crippen LogP contribution in [0, 0.1) is 17.8 Å². The van der Waals surface area contributed by atoms with Crippen LogP contribution in [0.1, 0.15) is 20.3 Å². The van der Waals surface area contributed by atoms with Gasteiger partial charge in [0, 0.05) is 33.3 Å². The second-order valence-corrected chi connectivity index (χ2v) is 6.10. The number of hydrogen-bond acceptors (Lipinski definition) is 3. The number of carbonyl (C=O) groups is 2. The predicted molar refractivity (Wildman–Crippen MR) is 73.4 cm³/mol. The molecule has 20 heavy (non-hydrogen) atoms. The second-order valence-electron chi connectivity index (χ2n) is 6.10. The lowest BCUT2D eigenvalue weighted by atomic mass is 9.96. The zero-order valence-corrected chi connectivity index (χ0v) is 12.4. The van der Waals surface area contributed by atoms with Crippen molar-refractivity contribution in [2.45, 2.75) is 26.4 Å². The van der Waals surface area contributed by atoms with Gasteiger partial charge in [0.1, 0.15) is 0 Å². The van der Waals surface area contributed by atoms with Crippen LogP contribution in [0.5, 0.6) is 0 Å². The summed E-state index contributed by atoms with van der Waals surface area (Å²) in [7, 11) is 1.67. The van der Waals surface area contributed by atoms with E-state index in [0.29, 0.717) is 25.6 Å². The Morgan fingerprint density at radius 1 is 1.10 bits per heavy atom. The summed E-state index contributed by atoms with van der Waals surface area (Å²) in [6.07, 6.45) is 0.999. The third-order valence-electron chi connectivity index (χ3n) is 4.66. The number of likely N-dealkylation sites (tertiary alicyclic amines) is 2. The predicted octanol–water partition coefficient (Wildman–Crippen LogP) is 1.12. The number of rotatable bonds is 2. The Hall–Kier alpha value is -1.30. The van der Waals surface area contributed by atoms with Crippen LogP contribution in [0.2, 0.25) is 0 Å². The Labute approximate surface area is 119 Å². The molecule has 2 unspecified atom stereocenters. The fraction of sp³-hybridized carbons (Fsp3) is 0.857. The number of carboxylic acids is 1. The molecule has 0 bridgehead atoms. The van der Waals surface area contributed by atoms with Gasteiger partial charge in [-0.15, -0.1) is 0 Å². The number of nitrogens with zero attached hydrogens (tertiary/aromatic N) is 2. The molecule has 2 amide bonds. The van der Waals surface area contributed by atoms with E-state index in [9.17, 15) is 9.59 Å². The second kappa shape index (κ2) is 5.99. The van der Waals surface area contributed by atoms with E-state index in [-0.39, 0.29) is 18.1 Å². The van der Waals surface area contributed by atoms with E-state index >= 15 is 0 Å². The molecule has 2 aliphatic heterocycles. The summed E-state index contributed by atoms with van der Waals surface area (Å²) in [5, 5.41) is 9.14. The van der Waals surface area contributed by atoms with Gasteiger partial charge in [0.25, 0.3) is 0 Å². The first-order chi connectivity index (χ1) is 9.43. The highest BCUT2D eigenvalue weighted by molar-refractivity contribution is 5.78. The fourth-order valence-electron chi connectivity index (χ4n) is 3.16. The number of carbonyl (C=O) groups excluding carboxylic acids is 1. The van der Waals surface area contributed by atoms with Gasteiger partial charge in [-0.3, -0.25) is 4.79 Å². The van der Waals surface area contributed by atoms with Crippen molar-refractivity contribution in [3.8, 4) is 0 Å². The molecule has 2 saturated heterocycles. The molecule has 0 aromatic carbocycles. The maximum Gasteiger partial charge on any atom is 0.320 e. The maximum atomic E-state index is 12.5. The van der Waals surface area contributed by atoms with Crippen LogP contribution in [-0.2, 0) is 9.53 Å². The van der Waals surface area contributed by atoms with Crippen molar-refractivity contribution in [2.75, 3.05) is 33.3 Å². The summed E-state index contributed by atoms with van der Waals surface area (Å²) in [6.45, 7) is 6.19. The van der Waals surface area contributed by atoms with Crippen molar-refractivity contribution in [1.82, 2.24) is 9.80 Å². The van der Waals surface area contributed by atoms with Crippen molar-refractivity contribution in [3.05, 3.63) is 0 Å². The molecule has 6 heteroatoms. The largest absolute Gasteiger partial charge is 0.481 e. The maximum absolute atomic E-state index is 12.5. The summed E-state index contributed by atoms with van der Waals surface area (Å²) in [5.41, 5.74) is 0. The van der Waals surface area contributed by atoms with Gasteiger partial charge in [-0.2, -0.15) is 0 Å². The lowest BCUT2D eigenvalue weighted by Crippen LogP contribution is -2.51. The van der Waals surface area contributed by atoms with Crippen LogP contribution in [0.3, 0.4) is 0 Å². The van der Waals surface area contributed by atoms with E-state index in [1.807, 2.05) is 6.92 Å². The number of amides is 2. The van der Waals surface area contributed by atoms with Crippen LogP contribution in [0.4, 0.5) is 4.79 Å². The van der Waals surface area contributed by atoms with E-state index < -0.39 is 11.9 Å². The zero-order chi connectivity index (χ0) is 14.9. The van der Waals surface area contributed by atoms with Gasteiger partial charge in [-0.25, -0.2) is 4.79 Å². The first-order valence-electron chi connectivity index (χ1n) is 7.23. The molecule has 0 spiro atoms. The lowest BCUT2D eigenvalue weighted by molar-refractivity contribution is -0.142. The van der Waals surface area contributed by atoms with Crippen LogP contribution < -0.4 is 0 Å². The third-order valence-corrected chi connectivity index (χ3v) is 4.66. The average Bonchev–Trinajstić information content (AvgIpc) is 2.80. The SMILES string of the molecule is COC1CN(C(=O)N2C[C@@H](C)[C@H](C(=O)O)C2)CCC1C. The van der Waals surface area contributed by atoms with Crippen LogP contribution >= 0.6 is 0 Å². The molecule has 2 rings (SSSR count). The number of carboxylic acid groups (broad SMARTS) is 1. The first kappa shape index (κ1) is 15.1. The molecule has 0 aromatic rings. The summed E-state index contributed by atoms with van der Waals surface area (Å²) < 4.78 is 5.42. The molecular weight excluding hydrogens is 260 g/mol. The van der Waals surface area contributed by atoms with E-state index in [4.69, 9.17) is 9.84 Å². The highest BCUT2D eigenvalue weighted by Gasteiger charge is 2.39. The van der Waals surface area contributed by atoms with E-state index in [1.54, 1.807) is 16.9 Å². The quantitative estimate of drug-likeness (QED) is 0.825. The van der Waals surface area contributed by atoms with Gasteiger partial charge < -0.3 is 19.6 Å². The molecule has 2 heterocycles. The smallest absolute Gasteiger partial charge is 0.320 e. The van der Waals surface area contributed by atoms with Crippen molar-refractivity contribution in [3.63, 3.8) is 0 Å². The van der Waals surface area contributed by atoms with Gasteiger partial charge >= 0.3 is 12.0 Å². The minimum atomic E-state index is -0.810. The molecule has 6 nitrogen and oxygen atoms in total. The number of hydrogen-bond donors (Lipinski definition) is 1. The molecule has 1 N–H and O–H groups in total. The third kappa shape index (κ3) is 2.90. The lowest BCUT2D eigenvalue weighted by Gasteiger charge is -2.38. The Morgan fingerprint density at radius 2 is 1.80 bits per heavy atom. The normalized spacial score (nSPS) is 34.4. The Kier molecular flexibility index (Phi) is 4.52. The van der Waals surface area contributed by atoms with Crippen molar-refractivity contribution < 1.29 is 19.4 Å².